The molecule has 0 radical (unpaired) electrons. The summed E-state index contributed by atoms with van der Waals surface area (Å²) in [6.45, 7) is 5.08. The maximum Gasteiger partial charge on any atom is 0.222 e. The summed E-state index contributed by atoms with van der Waals surface area (Å²) in [4.78, 5) is 17.1. The standard InChI is InChI=1S/C21H28N2O2/c24-20-8-7-18(9-10-22(20)12-16-5-6-16)23-13-21(14-23)11-17-3-1-2-4-19(17)25-15-21/h1-4,16,18H,5-15H2. The van der Waals surface area contributed by atoms with E-state index in [1.54, 1.807) is 0 Å². The molecule has 3 heterocycles. The van der Waals surface area contributed by atoms with E-state index in [-0.39, 0.29) is 0 Å². The van der Waals surface area contributed by atoms with Crippen LogP contribution in [0.25, 0.3) is 0 Å². The number of ether oxygens (including phenoxy) is 1. The van der Waals surface area contributed by atoms with Gasteiger partial charge >= 0.3 is 0 Å². The minimum atomic E-state index is 0.304. The molecule has 134 valence electrons. The molecule has 2 saturated heterocycles. The van der Waals surface area contributed by atoms with Crippen molar-refractivity contribution in [2.75, 3.05) is 32.8 Å². The van der Waals surface area contributed by atoms with E-state index in [0.29, 0.717) is 17.4 Å². The van der Waals surface area contributed by atoms with Gasteiger partial charge in [-0.1, -0.05) is 18.2 Å². The SMILES string of the molecule is O=C1CCC(N2CC3(COc4ccccc4C3)C2)CCN1CC1CC1. The summed E-state index contributed by atoms with van der Waals surface area (Å²) in [5.41, 5.74) is 1.67. The van der Waals surface area contributed by atoms with E-state index in [1.807, 2.05) is 0 Å². The molecule has 5 rings (SSSR count). The first kappa shape index (κ1) is 15.7. The molecule has 1 spiro atoms. The monoisotopic (exact) mass is 340 g/mol. The van der Waals surface area contributed by atoms with Gasteiger partial charge in [0.1, 0.15) is 5.75 Å². The van der Waals surface area contributed by atoms with Gasteiger partial charge in [-0.25, -0.2) is 0 Å². The third kappa shape index (κ3) is 3.05. The van der Waals surface area contributed by atoms with Crippen molar-refractivity contribution in [3.63, 3.8) is 0 Å². The predicted molar refractivity (Wildman–Crippen MR) is 96.6 cm³/mol. The number of amides is 1. The molecule has 1 atom stereocenters. The lowest BCUT2D eigenvalue weighted by atomic mass is 9.73. The lowest BCUT2D eigenvalue weighted by Gasteiger charge is -2.54. The van der Waals surface area contributed by atoms with Crippen LogP contribution >= 0.6 is 0 Å². The smallest absolute Gasteiger partial charge is 0.222 e. The summed E-state index contributed by atoms with van der Waals surface area (Å²) in [7, 11) is 0. The Hall–Kier alpha value is -1.55. The van der Waals surface area contributed by atoms with E-state index in [2.05, 4.69) is 34.1 Å². The first-order valence-corrected chi connectivity index (χ1v) is 9.93. The second-order valence-corrected chi connectivity index (χ2v) is 8.74. The molecule has 0 N–H and O–H groups in total. The number of carbonyl (C=O) groups is 1. The first-order chi connectivity index (χ1) is 12.2. The largest absolute Gasteiger partial charge is 0.493 e. The zero-order chi connectivity index (χ0) is 16.9. The Morgan fingerprint density at radius 2 is 1.96 bits per heavy atom. The van der Waals surface area contributed by atoms with Gasteiger partial charge in [0.05, 0.1) is 6.61 Å². The summed E-state index contributed by atoms with van der Waals surface area (Å²) < 4.78 is 6.04. The maximum atomic E-state index is 12.4. The number of likely N-dealkylation sites (tertiary alicyclic amines) is 2. The van der Waals surface area contributed by atoms with Crippen LogP contribution in [0.1, 0.15) is 37.7 Å². The van der Waals surface area contributed by atoms with Crippen molar-refractivity contribution >= 4 is 5.91 Å². The fraction of sp³-hybridized carbons (Fsp3) is 0.667. The highest BCUT2D eigenvalue weighted by Gasteiger charge is 2.48. The molecule has 3 fully saturated rings. The van der Waals surface area contributed by atoms with Crippen LogP contribution in [0.15, 0.2) is 24.3 Å². The summed E-state index contributed by atoms with van der Waals surface area (Å²) in [6.07, 6.45) is 6.70. The molecule has 4 aliphatic rings. The molecule has 25 heavy (non-hydrogen) atoms. The van der Waals surface area contributed by atoms with Gasteiger partial charge in [0.2, 0.25) is 5.91 Å². The molecule has 1 unspecified atom stereocenters. The summed E-state index contributed by atoms with van der Waals surface area (Å²) >= 11 is 0. The zero-order valence-electron chi connectivity index (χ0n) is 15.0. The van der Waals surface area contributed by atoms with Gasteiger partial charge < -0.3 is 9.64 Å². The molecular weight excluding hydrogens is 312 g/mol. The van der Waals surface area contributed by atoms with Crippen molar-refractivity contribution in [3.8, 4) is 5.75 Å². The molecule has 0 bridgehead atoms. The lowest BCUT2D eigenvalue weighted by molar-refractivity contribution is -0.130. The molecule has 1 aliphatic carbocycles. The number of benzene rings is 1. The Kier molecular flexibility index (Phi) is 3.77. The Balaban J connectivity index is 1.19. The molecule has 4 nitrogen and oxygen atoms in total. The van der Waals surface area contributed by atoms with Crippen LogP contribution in [0.4, 0.5) is 0 Å². The van der Waals surface area contributed by atoms with Crippen LogP contribution in [0.5, 0.6) is 5.75 Å². The van der Waals surface area contributed by atoms with Crippen molar-refractivity contribution in [1.82, 2.24) is 9.80 Å². The number of carbonyl (C=O) groups excluding carboxylic acids is 1. The first-order valence-electron chi connectivity index (χ1n) is 9.93. The van der Waals surface area contributed by atoms with Crippen molar-refractivity contribution < 1.29 is 9.53 Å². The van der Waals surface area contributed by atoms with Gasteiger partial charge in [-0.2, -0.15) is 0 Å². The quantitative estimate of drug-likeness (QED) is 0.848. The normalized spacial score (nSPS) is 28.9. The molecule has 4 heteroatoms. The number of hydrogen-bond acceptors (Lipinski definition) is 3. The molecule has 1 saturated carbocycles. The van der Waals surface area contributed by atoms with Crippen LogP contribution < -0.4 is 4.74 Å². The molecule has 1 amide bonds. The Labute approximate surface area is 150 Å². The number of hydrogen-bond donors (Lipinski definition) is 0. The van der Waals surface area contributed by atoms with Crippen molar-refractivity contribution in [1.29, 1.82) is 0 Å². The average molecular weight is 340 g/mol. The number of para-hydroxylation sites is 1. The highest BCUT2D eigenvalue weighted by molar-refractivity contribution is 5.76. The molecule has 1 aromatic rings. The third-order valence-electron chi connectivity index (χ3n) is 6.62. The van der Waals surface area contributed by atoms with E-state index in [1.165, 1.54) is 18.4 Å². The minimum absolute atomic E-state index is 0.304. The fourth-order valence-electron chi connectivity index (χ4n) is 4.95. The maximum absolute atomic E-state index is 12.4. The number of rotatable bonds is 3. The van der Waals surface area contributed by atoms with Crippen LogP contribution in [0.3, 0.4) is 0 Å². The van der Waals surface area contributed by atoms with E-state index >= 15 is 0 Å². The molecule has 0 aromatic heterocycles. The highest BCUT2D eigenvalue weighted by Crippen LogP contribution is 2.42. The average Bonchev–Trinajstić information content (AvgIpc) is 3.43. The minimum Gasteiger partial charge on any atom is -0.493 e. The van der Waals surface area contributed by atoms with Gasteiger partial charge in [-0.3, -0.25) is 9.69 Å². The molecule has 1 aromatic carbocycles. The summed E-state index contributed by atoms with van der Waals surface area (Å²) in [5.74, 6) is 2.26. The number of fused-ring (bicyclic) bond motifs is 1. The van der Waals surface area contributed by atoms with Crippen LogP contribution in [0, 0.1) is 11.3 Å². The van der Waals surface area contributed by atoms with E-state index in [9.17, 15) is 4.79 Å². The summed E-state index contributed by atoms with van der Waals surface area (Å²) in [6, 6.07) is 9.04. The molecular formula is C21H28N2O2. The second kappa shape index (κ2) is 6.01. The lowest BCUT2D eigenvalue weighted by Crippen LogP contribution is -2.64. The Morgan fingerprint density at radius 3 is 2.80 bits per heavy atom. The van der Waals surface area contributed by atoms with E-state index < -0.39 is 0 Å². The predicted octanol–water partition coefficient (Wildman–Crippen LogP) is 2.71. The van der Waals surface area contributed by atoms with Crippen molar-refractivity contribution in [2.24, 2.45) is 11.3 Å². The zero-order valence-corrected chi connectivity index (χ0v) is 15.0. The van der Waals surface area contributed by atoms with Crippen LogP contribution in [-0.2, 0) is 11.2 Å². The van der Waals surface area contributed by atoms with Gasteiger partial charge in [-0.05, 0) is 49.7 Å². The highest BCUT2D eigenvalue weighted by atomic mass is 16.5. The number of nitrogens with zero attached hydrogens (tertiary/aromatic N) is 2. The van der Waals surface area contributed by atoms with Gasteiger partial charge in [0.25, 0.3) is 0 Å². The fourth-order valence-corrected chi connectivity index (χ4v) is 4.95. The van der Waals surface area contributed by atoms with Gasteiger partial charge in [-0.15, -0.1) is 0 Å². The van der Waals surface area contributed by atoms with Gasteiger partial charge in [0.15, 0.2) is 0 Å². The molecule has 3 aliphatic heterocycles. The van der Waals surface area contributed by atoms with Crippen LogP contribution in [0.2, 0.25) is 0 Å². The van der Waals surface area contributed by atoms with Gasteiger partial charge in [0, 0.05) is 44.1 Å². The second-order valence-electron chi connectivity index (χ2n) is 8.74. The Morgan fingerprint density at radius 1 is 1.12 bits per heavy atom. The third-order valence-corrected chi connectivity index (χ3v) is 6.62. The topological polar surface area (TPSA) is 32.8 Å². The summed E-state index contributed by atoms with van der Waals surface area (Å²) in [5, 5.41) is 0. The van der Waals surface area contributed by atoms with Crippen molar-refractivity contribution in [2.45, 2.75) is 44.6 Å². The van der Waals surface area contributed by atoms with Crippen LogP contribution in [-0.4, -0.2) is 54.5 Å². The van der Waals surface area contributed by atoms with E-state index in [0.717, 1.165) is 70.1 Å². The van der Waals surface area contributed by atoms with Crippen molar-refractivity contribution in [3.05, 3.63) is 29.8 Å². The van der Waals surface area contributed by atoms with E-state index in [4.69, 9.17) is 4.74 Å². The Bertz CT molecular complexity index is 664.